The number of hydrogen-bond acceptors (Lipinski definition) is 6. The van der Waals surface area contributed by atoms with Crippen molar-refractivity contribution >= 4 is 23.6 Å². The highest BCUT2D eigenvalue weighted by molar-refractivity contribution is 6.30. The van der Waals surface area contributed by atoms with Crippen LogP contribution in [-0.4, -0.2) is 27.8 Å². The second kappa shape index (κ2) is 6.36. The highest BCUT2D eigenvalue weighted by atomic mass is 35.5. The Bertz CT molecular complexity index is 647. The lowest BCUT2D eigenvalue weighted by Gasteiger charge is -2.22. The number of ether oxygens (including phenoxy) is 1. The van der Waals surface area contributed by atoms with Crippen molar-refractivity contribution in [2.75, 3.05) is 5.32 Å². The Balaban J connectivity index is 2.03. The number of anilines is 1. The third kappa shape index (κ3) is 4.46. The van der Waals surface area contributed by atoms with Gasteiger partial charge in [-0.1, -0.05) is 16.7 Å². The summed E-state index contributed by atoms with van der Waals surface area (Å²) >= 11 is 5.83. The Morgan fingerprint density at radius 1 is 1.27 bits per heavy atom. The maximum atomic E-state index is 11.9. The van der Waals surface area contributed by atoms with Crippen molar-refractivity contribution in [2.45, 2.75) is 39.3 Å². The third-order valence-corrected chi connectivity index (χ3v) is 2.87. The number of aromatic nitrogens is 2. The lowest BCUT2D eigenvalue weighted by atomic mass is 10.2. The smallest absolute Gasteiger partial charge is 0.328 e. The number of nitrogens with one attached hydrogen (secondary N) is 1. The first-order valence-corrected chi connectivity index (χ1v) is 7.21. The van der Waals surface area contributed by atoms with Gasteiger partial charge < -0.3 is 14.5 Å². The molecule has 1 aromatic heterocycles. The summed E-state index contributed by atoms with van der Waals surface area (Å²) < 4.78 is 10.7. The Kier molecular flexibility index (Phi) is 4.71. The monoisotopic (exact) mass is 323 g/mol. The second-order valence-electron chi connectivity index (χ2n) is 5.82. The maximum Gasteiger partial charge on any atom is 0.328 e. The molecule has 0 saturated carbocycles. The number of carbonyl (C=O) groups is 1. The average Bonchev–Trinajstić information content (AvgIpc) is 2.86. The van der Waals surface area contributed by atoms with Crippen LogP contribution in [-0.2, 0) is 9.53 Å². The van der Waals surface area contributed by atoms with Crippen molar-refractivity contribution in [3.05, 3.63) is 29.3 Å². The molecular formula is C15H18ClN3O3. The second-order valence-corrected chi connectivity index (χ2v) is 6.26. The van der Waals surface area contributed by atoms with E-state index in [9.17, 15) is 4.79 Å². The summed E-state index contributed by atoms with van der Waals surface area (Å²) in [5.41, 5.74) is 0.200. The van der Waals surface area contributed by atoms with Crippen molar-refractivity contribution < 1.29 is 13.9 Å². The molecule has 0 bridgehead atoms. The molecule has 0 amide bonds. The largest absolute Gasteiger partial charge is 0.458 e. The van der Waals surface area contributed by atoms with Crippen molar-refractivity contribution in [2.24, 2.45) is 0 Å². The normalized spacial score (nSPS) is 12.8. The Morgan fingerprint density at radius 2 is 1.91 bits per heavy atom. The molecule has 0 aliphatic heterocycles. The molecule has 22 heavy (non-hydrogen) atoms. The maximum absolute atomic E-state index is 11.9. The molecule has 1 aromatic carbocycles. The van der Waals surface area contributed by atoms with Gasteiger partial charge in [0, 0.05) is 10.6 Å². The molecule has 1 heterocycles. The van der Waals surface area contributed by atoms with Crippen LogP contribution in [0.4, 0.5) is 6.01 Å². The SMILES string of the molecule is C[C@@H](Nc1nnc(-c2ccc(Cl)cc2)o1)C(=O)OC(C)(C)C. The van der Waals surface area contributed by atoms with Gasteiger partial charge in [-0.25, -0.2) is 4.79 Å². The summed E-state index contributed by atoms with van der Waals surface area (Å²) in [6.45, 7) is 7.09. The minimum atomic E-state index is -0.599. The van der Waals surface area contributed by atoms with E-state index in [2.05, 4.69) is 15.5 Å². The highest BCUT2D eigenvalue weighted by Gasteiger charge is 2.23. The van der Waals surface area contributed by atoms with Crippen LogP contribution in [0.15, 0.2) is 28.7 Å². The molecule has 2 rings (SSSR count). The first-order chi connectivity index (χ1) is 10.2. The van der Waals surface area contributed by atoms with Gasteiger partial charge in [-0.3, -0.25) is 0 Å². The molecule has 7 heteroatoms. The van der Waals surface area contributed by atoms with Gasteiger partial charge in [0.05, 0.1) is 0 Å². The van der Waals surface area contributed by atoms with Crippen LogP contribution in [0.25, 0.3) is 11.5 Å². The molecule has 1 N–H and O–H groups in total. The zero-order valence-corrected chi connectivity index (χ0v) is 13.6. The van der Waals surface area contributed by atoms with Crippen LogP contribution in [0.3, 0.4) is 0 Å². The van der Waals surface area contributed by atoms with Gasteiger partial charge >= 0.3 is 12.0 Å². The molecule has 0 spiro atoms. The van der Waals surface area contributed by atoms with Gasteiger partial charge in [0.2, 0.25) is 5.89 Å². The minimum absolute atomic E-state index is 0.156. The fraction of sp³-hybridized carbons (Fsp3) is 0.400. The number of benzene rings is 1. The molecule has 0 aliphatic carbocycles. The predicted octanol–water partition coefficient (Wildman–Crippen LogP) is 3.53. The van der Waals surface area contributed by atoms with Crippen LogP contribution < -0.4 is 5.32 Å². The quantitative estimate of drug-likeness (QED) is 0.867. The standard InChI is InChI=1S/C15H18ClN3O3/c1-9(13(20)22-15(2,3)4)17-14-19-18-12(21-14)10-5-7-11(16)8-6-10/h5-9H,1-4H3,(H,17,19)/t9-/m1/s1. The molecule has 2 aromatic rings. The Morgan fingerprint density at radius 3 is 2.50 bits per heavy atom. The van der Waals surface area contributed by atoms with E-state index in [1.165, 1.54) is 0 Å². The summed E-state index contributed by atoms with van der Waals surface area (Å²) in [6.07, 6.45) is 0. The van der Waals surface area contributed by atoms with E-state index >= 15 is 0 Å². The fourth-order valence-corrected chi connectivity index (χ4v) is 1.75. The number of carbonyl (C=O) groups excluding carboxylic acids is 1. The van der Waals surface area contributed by atoms with Gasteiger partial charge in [-0.2, -0.15) is 0 Å². The van der Waals surface area contributed by atoms with Gasteiger partial charge in [0.1, 0.15) is 11.6 Å². The van der Waals surface area contributed by atoms with Crippen LogP contribution in [0, 0.1) is 0 Å². The molecule has 0 unspecified atom stereocenters. The van der Waals surface area contributed by atoms with Crippen molar-refractivity contribution in [1.82, 2.24) is 10.2 Å². The topological polar surface area (TPSA) is 77.3 Å². The molecule has 1 atom stereocenters. The molecule has 0 aliphatic rings. The lowest BCUT2D eigenvalue weighted by Crippen LogP contribution is -2.34. The van der Waals surface area contributed by atoms with E-state index in [1.54, 1.807) is 31.2 Å². The molecule has 0 fully saturated rings. The van der Waals surface area contributed by atoms with Gasteiger partial charge in [0.25, 0.3) is 0 Å². The van der Waals surface area contributed by atoms with Gasteiger partial charge in [-0.05, 0) is 52.0 Å². The van der Waals surface area contributed by atoms with Crippen molar-refractivity contribution in [3.63, 3.8) is 0 Å². The van der Waals surface area contributed by atoms with E-state index < -0.39 is 17.6 Å². The summed E-state index contributed by atoms with van der Waals surface area (Å²) in [5, 5.41) is 11.2. The number of rotatable bonds is 4. The molecule has 118 valence electrons. The van der Waals surface area contributed by atoms with E-state index in [-0.39, 0.29) is 6.01 Å². The van der Waals surface area contributed by atoms with Gasteiger partial charge in [0.15, 0.2) is 0 Å². The Hall–Kier alpha value is -2.08. The first kappa shape index (κ1) is 16.3. The molecular weight excluding hydrogens is 306 g/mol. The fourth-order valence-electron chi connectivity index (χ4n) is 1.62. The van der Waals surface area contributed by atoms with E-state index in [0.29, 0.717) is 10.9 Å². The van der Waals surface area contributed by atoms with Crippen LogP contribution in [0.2, 0.25) is 5.02 Å². The summed E-state index contributed by atoms with van der Waals surface area (Å²) in [5.74, 6) is -0.0469. The predicted molar refractivity (Wildman–Crippen MR) is 83.7 cm³/mol. The van der Waals surface area contributed by atoms with E-state index in [1.807, 2.05) is 20.8 Å². The Labute approximate surface area is 133 Å². The molecule has 0 radical (unpaired) electrons. The van der Waals surface area contributed by atoms with Crippen LogP contribution in [0.1, 0.15) is 27.7 Å². The summed E-state index contributed by atoms with van der Waals surface area (Å²) in [4.78, 5) is 11.9. The third-order valence-electron chi connectivity index (χ3n) is 2.62. The zero-order chi connectivity index (χ0) is 16.3. The average molecular weight is 324 g/mol. The molecule has 6 nitrogen and oxygen atoms in total. The van der Waals surface area contributed by atoms with E-state index in [0.717, 1.165) is 5.56 Å². The van der Waals surface area contributed by atoms with E-state index in [4.69, 9.17) is 20.8 Å². The first-order valence-electron chi connectivity index (χ1n) is 6.83. The van der Waals surface area contributed by atoms with Crippen LogP contribution >= 0.6 is 11.6 Å². The number of esters is 1. The number of nitrogens with zero attached hydrogens (tertiary/aromatic N) is 2. The number of halogens is 1. The molecule has 0 saturated heterocycles. The van der Waals surface area contributed by atoms with Crippen LogP contribution in [0.5, 0.6) is 0 Å². The zero-order valence-electron chi connectivity index (χ0n) is 12.9. The minimum Gasteiger partial charge on any atom is -0.458 e. The highest BCUT2D eigenvalue weighted by Crippen LogP contribution is 2.22. The number of hydrogen-bond donors (Lipinski definition) is 1. The lowest BCUT2D eigenvalue weighted by molar-refractivity contribution is -0.155. The van der Waals surface area contributed by atoms with Crippen molar-refractivity contribution in [1.29, 1.82) is 0 Å². The van der Waals surface area contributed by atoms with Crippen molar-refractivity contribution in [3.8, 4) is 11.5 Å². The summed E-state index contributed by atoms with van der Waals surface area (Å²) in [7, 11) is 0. The summed E-state index contributed by atoms with van der Waals surface area (Å²) in [6, 6.07) is 6.57. The van der Waals surface area contributed by atoms with Gasteiger partial charge in [-0.15, -0.1) is 5.10 Å².